The third-order valence-corrected chi connectivity index (χ3v) is 3.92. The highest BCUT2D eigenvalue weighted by Gasteiger charge is 2.29. The summed E-state index contributed by atoms with van der Waals surface area (Å²) >= 11 is 0. The lowest BCUT2D eigenvalue weighted by Gasteiger charge is -2.22. The molecule has 1 fully saturated rings. The minimum Gasteiger partial charge on any atom is -0.339 e. The van der Waals surface area contributed by atoms with Crippen molar-refractivity contribution in [3.05, 3.63) is 48.6 Å². The van der Waals surface area contributed by atoms with E-state index in [-0.39, 0.29) is 43.5 Å². The second-order valence-corrected chi connectivity index (χ2v) is 5.55. The first kappa shape index (κ1) is 16.9. The van der Waals surface area contributed by atoms with Crippen LogP contribution in [0.15, 0.2) is 43.0 Å². The van der Waals surface area contributed by atoms with Gasteiger partial charge < -0.3 is 4.90 Å². The lowest BCUT2D eigenvalue weighted by Crippen LogP contribution is -2.37. The molecule has 1 aromatic carbocycles. The molecular formula is C18H22N2O3. The zero-order valence-corrected chi connectivity index (χ0v) is 13.2. The van der Waals surface area contributed by atoms with Gasteiger partial charge in [-0.25, -0.2) is 0 Å². The van der Waals surface area contributed by atoms with Crippen molar-refractivity contribution in [2.75, 3.05) is 19.6 Å². The number of hydrogen-bond acceptors (Lipinski definition) is 3. The van der Waals surface area contributed by atoms with Crippen molar-refractivity contribution in [2.24, 2.45) is 0 Å². The van der Waals surface area contributed by atoms with Gasteiger partial charge in [-0.05, 0) is 12.0 Å². The number of benzene rings is 1. The number of amides is 3. The van der Waals surface area contributed by atoms with Gasteiger partial charge in [-0.15, -0.1) is 6.58 Å². The number of carbonyl (C=O) groups excluding carboxylic acids is 3. The van der Waals surface area contributed by atoms with E-state index in [0.29, 0.717) is 13.1 Å². The minimum atomic E-state index is -0.178. The Labute approximate surface area is 136 Å². The first-order valence-corrected chi connectivity index (χ1v) is 7.87. The van der Waals surface area contributed by atoms with Crippen LogP contribution in [-0.4, -0.2) is 47.2 Å². The van der Waals surface area contributed by atoms with Gasteiger partial charge in [0.25, 0.3) is 0 Å². The molecule has 0 aromatic heterocycles. The van der Waals surface area contributed by atoms with Gasteiger partial charge in [0.05, 0.1) is 0 Å². The summed E-state index contributed by atoms with van der Waals surface area (Å²) in [6, 6.07) is 9.95. The van der Waals surface area contributed by atoms with Crippen molar-refractivity contribution in [1.82, 2.24) is 9.80 Å². The summed E-state index contributed by atoms with van der Waals surface area (Å²) < 4.78 is 0. The monoisotopic (exact) mass is 314 g/mol. The summed E-state index contributed by atoms with van der Waals surface area (Å²) in [4.78, 5) is 38.4. The molecule has 1 saturated heterocycles. The number of hydrogen-bond donors (Lipinski definition) is 0. The molecule has 0 spiro atoms. The Kier molecular flexibility index (Phi) is 6.09. The quantitative estimate of drug-likeness (QED) is 0.543. The van der Waals surface area contributed by atoms with E-state index in [2.05, 4.69) is 6.58 Å². The average Bonchev–Trinajstić information content (AvgIpc) is 2.88. The summed E-state index contributed by atoms with van der Waals surface area (Å²) in [7, 11) is 0. The van der Waals surface area contributed by atoms with Crippen LogP contribution in [0.3, 0.4) is 0 Å². The first-order chi connectivity index (χ1) is 11.1. The molecule has 0 aliphatic carbocycles. The van der Waals surface area contributed by atoms with E-state index in [1.54, 1.807) is 11.0 Å². The second kappa shape index (κ2) is 8.27. The molecule has 0 bridgehead atoms. The predicted molar refractivity (Wildman–Crippen MR) is 87.5 cm³/mol. The van der Waals surface area contributed by atoms with Gasteiger partial charge in [-0.2, -0.15) is 0 Å². The van der Waals surface area contributed by atoms with Gasteiger partial charge in [0, 0.05) is 38.9 Å². The summed E-state index contributed by atoms with van der Waals surface area (Å²) in [6.07, 6.45) is 3.14. The predicted octanol–water partition coefficient (Wildman–Crippen LogP) is 1.78. The Morgan fingerprint density at radius 3 is 2.43 bits per heavy atom. The molecule has 0 saturated carbocycles. The van der Waals surface area contributed by atoms with Crippen LogP contribution < -0.4 is 0 Å². The molecule has 5 heteroatoms. The van der Waals surface area contributed by atoms with Crippen LogP contribution in [0.4, 0.5) is 0 Å². The molecule has 1 heterocycles. The molecule has 1 aliphatic heterocycles. The molecule has 3 amide bonds. The molecule has 1 aliphatic rings. The molecular weight excluding hydrogens is 292 g/mol. The third-order valence-electron chi connectivity index (χ3n) is 3.92. The fourth-order valence-electron chi connectivity index (χ4n) is 2.62. The Morgan fingerprint density at radius 1 is 1.17 bits per heavy atom. The third kappa shape index (κ3) is 4.77. The normalized spacial score (nSPS) is 14.2. The van der Waals surface area contributed by atoms with Crippen molar-refractivity contribution in [2.45, 2.75) is 25.7 Å². The van der Waals surface area contributed by atoms with Gasteiger partial charge in [0.1, 0.15) is 0 Å². The van der Waals surface area contributed by atoms with Crippen molar-refractivity contribution in [1.29, 1.82) is 0 Å². The molecule has 2 rings (SSSR count). The smallest absolute Gasteiger partial charge is 0.229 e. The number of carbonyl (C=O) groups is 3. The highest BCUT2D eigenvalue weighted by molar-refractivity contribution is 6.02. The molecule has 23 heavy (non-hydrogen) atoms. The van der Waals surface area contributed by atoms with Crippen molar-refractivity contribution >= 4 is 17.7 Å². The van der Waals surface area contributed by atoms with E-state index >= 15 is 0 Å². The van der Waals surface area contributed by atoms with Crippen LogP contribution in [0, 0.1) is 0 Å². The average molecular weight is 314 g/mol. The van der Waals surface area contributed by atoms with E-state index < -0.39 is 0 Å². The number of imide groups is 1. The van der Waals surface area contributed by atoms with E-state index in [9.17, 15) is 14.4 Å². The summed E-state index contributed by atoms with van der Waals surface area (Å²) in [5.74, 6) is -0.418. The zero-order chi connectivity index (χ0) is 16.7. The summed E-state index contributed by atoms with van der Waals surface area (Å²) in [6.45, 7) is 4.92. The molecule has 0 unspecified atom stereocenters. The molecule has 1 aromatic rings. The SMILES string of the molecule is C=CCN(CCc1ccccc1)C(=O)CCN1C(=O)CCC1=O. The molecule has 5 nitrogen and oxygen atoms in total. The fourth-order valence-corrected chi connectivity index (χ4v) is 2.62. The molecule has 0 radical (unpaired) electrons. The summed E-state index contributed by atoms with van der Waals surface area (Å²) in [5.41, 5.74) is 1.17. The largest absolute Gasteiger partial charge is 0.339 e. The van der Waals surface area contributed by atoms with Crippen LogP contribution in [0.5, 0.6) is 0 Å². The Balaban J connectivity index is 1.86. The fraction of sp³-hybridized carbons (Fsp3) is 0.389. The highest BCUT2D eigenvalue weighted by Crippen LogP contribution is 2.12. The van der Waals surface area contributed by atoms with Gasteiger partial charge in [0.2, 0.25) is 17.7 Å². The molecule has 122 valence electrons. The van der Waals surface area contributed by atoms with Crippen LogP contribution in [0.25, 0.3) is 0 Å². The van der Waals surface area contributed by atoms with Crippen molar-refractivity contribution < 1.29 is 14.4 Å². The summed E-state index contributed by atoms with van der Waals surface area (Å²) in [5, 5.41) is 0. The standard InChI is InChI=1S/C18H22N2O3/c1-2-12-19(13-10-15-6-4-3-5-7-15)16(21)11-14-20-17(22)8-9-18(20)23/h2-7H,1,8-14H2. The van der Waals surface area contributed by atoms with E-state index in [4.69, 9.17) is 0 Å². The number of rotatable bonds is 8. The lowest BCUT2D eigenvalue weighted by molar-refractivity contribution is -0.139. The van der Waals surface area contributed by atoms with Gasteiger partial charge in [0.15, 0.2) is 0 Å². The lowest BCUT2D eigenvalue weighted by atomic mass is 10.1. The highest BCUT2D eigenvalue weighted by atomic mass is 16.2. The Bertz CT molecular complexity index is 567. The van der Waals surface area contributed by atoms with Crippen molar-refractivity contribution in [3.8, 4) is 0 Å². The first-order valence-electron chi connectivity index (χ1n) is 7.87. The van der Waals surface area contributed by atoms with E-state index in [1.165, 1.54) is 10.5 Å². The maximum Gasteiger partial charge on any atom is 0.229 e. The maximum atomic E-state index is 12.4. The molecule has 0 N–H and O–H groups in total. The minimum absolute atomic E-state index is 0.0617. The topological polar surface area (TPSA) is 57.7 Å². The maximum absolute atomic E-state index is 12.4. The Morgan fingerprint density at radius 2 is 1.83 bits per heavy atom. The van der Waals surface area contributed by atoms with Gasteiger partial charge in [-0.3, -0.25) is 19.3 Å². The molecule has 0 atom stereocenters. The number of likely N-dealkylation sites (tertiary alicyclic amines) is 1. The van der Waals surface area contributed by atoms with E-state index in [1.807, 2.05) is 30.3 Å². The zero-order valence-electron chi connectivity index (χ0n) is 13.2. The van der Waals surface area contributed by atoms with Crippen LogP contribution in [-0.2, 0) is 20.8 Å². The van der Waals surface area contributed by atoms with Gasteiger partial charge >= 0.3 is 0 Å². The van der Waals surface area contributed by atoms with Crippen molar-refractivity contribution in [3.63, 3.8) is 0 Å². The van der Waals surface area contributed by atoms with Gasteiger partial charge in [-0.1, -0.05) is 36.4 Å². The van der Waals surface area contributed by atoms with Crippen LogP contribution >= 0.6 is 0 Å². The second-order valence-electron chi connectivity index (χ2n) is 5.55. The van der Waals surface area contributed by atoms with E-state index in [0.717, 1.165) is 6.42 Å². The number of nitrogens with zero attached hydrogens (tertiary/aromatic N) is 2. The van der Waals surface area contributed by atoms with Crippen LogP contribution in [0.2, 0.25) is 0 Å². The Hall–Kier alpha value is -2.43. The van der Waals surface area contributed by atoms with Crippen LogP contribution in [0.1, 0.15) is 24.8 Å².